The van der Waals surface area contributed by atoms with E-state index in [1.165, 1.54) is 11.1 Å². The minimum absolute atomic E-state index is 0.125. The molecule has 0 saturated carbocycles. The van der Waals surface area contributed by atoms with Crippen molar-refractivity contribution in [3.63, 3.8) is 0 Å². The van der Waals surface area contributed by atoms with E-state index in [2.05, 4.69) is 60.7 Å². The van der Waals surface area contributed by atoms with Gasteiger partial charge in [-0.05, 0) is 11.1 Å². The summed E-state index contributed by atoms with van der Waals surface area (Å²) in [6.07, 6.45) is 0. The van der Waals surface area contributed by atoms with Crippen LogP contribution in [-0.4, -0.2) is 23.4 Å². The minimum Gasteiger partial charge on any atom is -0.394 e. The summed E-state index contributed by atoms with van der Waals surface area (Å²) < 4.78 is 0. The molecule has 0 fully saturated rings. The second kappa shape index (κ2) is 10.6. The molecular formula is C16H20O2S. The van der Waals surface area contributed by atoms with Gasteiger partial charge in [0.05, 0.1) is 13.2 Å². The van der Waals surface area contributed by atoms with Crippen molar-refractivity contribution in [1.82, 2.24) is 0 Å². The SMILES string of the molecule is OCCO.c1ccc(CSCc2ccccc2)cc1. The lowest BCUT2D eigenvalue weighted by Gasteiger charge is -2.01. The molecule has 0 atom stereocenters. The summed E-state index contributed by atoms with van der Waals surface area (Å²) in [6, 6.07) is 21.2. The Morgan fingerprint density at radius 3 is 1.32 bits per heavy atom. The normalized spacial score (nSPS) is 9.58. The zero-order valence-electron chi connectivity index (χ0n) is 10.9. The predicted molar refractivity (Wildman–Crippen MR) is 82.1 cm³/mol. The maximum Gasteiger partial charge on any atom is 0.0662 e. The summed E-state index contributed by atoms with van der Waals surface area (Å²) in [7, 11) is 0. The zero-order chi connectivity index (χ0) is 13.8. The Kier molecular flexibility index (Phi) is 8.81. The summed E-state index contributed by atoms with van der Waals surface area (Å²) in [5.41, 5.74) is 2.80. The van der Waals surface area contributed by atoms with Gasteiger partial charge in [0.1, 0.15) is 0 Å². The summed E-state index contributed by atoms with van der Waals surface area (Å²) >= 11 is 1.96. The quantitative estimate of drug-likeness (QED) is 0.881. The number of benzene rings is 2. The van der Waals surface area contributed by atoms with Crippen molar-refractivity contribution in [2.24, 2.45) is 0 Å². The van der Waals surface area contributed by atoms with Crippen molar-refractivity contribution in [3.8, 4) is 0 Å². The fourth-order valence-corrected chi connectivity index (χ4v) is 2.39. The fourth-order valence-electron chi connectivity index (χ4n) is 1.44. The average Bonchev–Trinajstić information content (AvgIpc) is 2.50. The highest BCUT2D eigenvalue weighted by Crippen LogP contribution is 2.17. The third-order valence-corrected chi connectivity index (χ3v) is 3.40. The van der Waals surface area contributed by atoms with Crippen LogP contribution in [0.3, 0.4) is 0 Å². The molecule has 0 amide bonds. The lowest BCUT2D eigenvalue weighted by Crippen LogP contribution is -1.85. The molecule has 0 spiro atoms. The Morgan fingerprint density at radius 2 is 1.00 bits per heavy atom. The number of aliphatic hydroxyl groups is 2. The second-order valence-corrected chi connectivity index (χ2v) is 4.90. The number of aliphatic hydroxyl groups excluding tert-OH is 2. The van der Waals surface area contributed by atoms with Gasteiger partial charge in [-0.3, -0.25) is 0 Å². The van der Waals surface area contributed by atoms with Gasteiger partial charge >= 0.3 is 0 Å². The summed E-state index contributed by atoms with van der Waals surface area (Å²) in [5, 5.41) is 15.2. The first-order valence-corrected chi connectivity index (χ1v) is 7.39. The van der Waals surface area contributed by atoms with Crippen LogP contribution >= 0.6 is 11.8 Å². The largest absolute Gasteiger partial charge is 0.394 e. The van der Waals surface area contributed by atoms with Crippen LogP contribution in [0.15, 0.2) is 60.7 Å². The van der Waals surface area contributed by atoms with E-state index in [1.54, 1.807) is 0 Å². The van der Waals surface area contributed by atoms with E-state index >= 15 is 0 Å². The monoisotopic (exact) mass is 276 g/mol. The molecule has 2 nitrogen and oxygen atoms in total. The number of thioether (sulfide) groups is 1. The molecule has 2 N–H and O–H groups in total. The Hall–Kier alpha value is -1.29. The summed E-state index contributed by atoms with van der Waals surface area (Å²) in [6.45, 7) is -0.250. The van der Waals surface area contributed by atoms with Crippen LogP contribution in [0.1, 0.15) is 11.1 Å². The summed E-state index contributed by atoms with van der Waals surface area (Å²) in [4.78, 5) is 0. The van der Waals surface area contributed by atoms with Crippen LogP contribution in [0.25, 0.3) is 0 Å². The standard InChI is InChI=1S/C14H14S.C2H6O2/c1-3-7-13(8-4-1)11-15-12-14-9-5-2-6-10-14;3-1-2-4/h1-10H,11-12H2;3-4H,1-2H2. The molecule has 0 aromatic heterocycles. The molecule has 0 heterocycles. The maximum atomic E-state index is 7.62. The van der Waals surface area contributed by atoms with E-state index in [4.69, 9.17) is 10.2 Å². The van der Waals surface area contributed by atoms with Crippen molar-refractivity contribution in [3.05, 3.63) is 71.8 Å². The van der Waals surface area contributed by atoms with E-state index in [-0.39, 0.29) is 13.2 Å². The molecular weight excluding hydrogens is 256 g/mol. The van der Waals surface area contributed by atoms with E-state index in [0.29, 0.717) is 0 Å². The van der Waals surface area contributed by atoms with Crippen molar-refractivity contribution in [2.45, 2.75) is 11.5 Å². The van der Waals surface area contributed by atoms with Crippen molar-refractivity contribution >= 4 is 11.8 Å². The molecule has 0 saturated heterocycles. The smallest absolute Gasteiger partial charge is 0.0662 e. The van der Waals surface area contributed by atoms with Gasteiger partial charge in [-0.2, -0.15) is 11.8 Å². The van der Waals surface area contributed by atoms with Gasteiger partial charge < -0.3 is 10.2 Å². The predicted octanol–water partition coefficient (Wildman–Crippen LogP) is 3.09. The highest BCUT2D eigenvalue weighted by molar-refractivity contribution is 7.97. The first-order valence-electron chi connectivity index (χ1n) is 6.24. The maximum absolute atomic E-state index is 7.62. The van der Waals surface area contributed by atoms with Gasteiger partial charge in [0, 0.05) is 11.5 Å². The molecule has 0 bridgehead atoms. The highest BCUT2D eigenvalue weighted by Gasteiger charge is 1.93. The Morgan fingerprint density at radius 1 is 0.632 bits per heavy atom. The van der Waals surface area contributed by atoms with E-state index in [0.717, 1.165) is 11.5 Å². The molecule has 0 aliphatic rings. The lowest BCUT2D eigenvalue weighted by molar-refractivity contribution is 0.186. The Labute approximate surface area is 119 Å². The number of hydrogen-bond donors (Lipinski definition) is 2. The third-order valence-electron chi connectivity index (χ3n) is 2.32. The van der Waals surface area contributed by atoms with Crippen LogP contribution in [0.4, 0.5) is 0 Å². The van der Waals surface area contributed by atoms with Crippen LogP contribution in [0, 0.1) is 0 Å². The molecule has 0 radical (unpaired) electrons. The topological polar surface area (TPSA) is 40.5 Å². The summed E-state index contributed by atoms with van der Waals surface area (Å²) in [5.74, 6) is 2.19. The first-order chi connectivity index (χ1) is 9.36. The molecule has 2 aromatic carbocycles. The Bertz CT molecular complexity index is 376. The minimum atomic E-state index is -0.125. The molecule has 0 unspecified atom stereocenters. The third kappa shape index (κ3) is 7.67. The van der Waals surface area contributed by atoms with Gasteiger partial charge in [0.15, 0.2) is 0 Å². The molecule has 2 rings (SSSR count). The van der Waals surface area contributed by atoms with Gasteiger partial charge in [0.2, 0.25) is 0 Å². The van der Waals surface area contributed by atoms with Gasteiger partial charge in [-0.1, -0.05) is 60.7 Å². The molecule has 2 aromatic rings. The molecule has 102 valence electrons. The van der Waals surface area contributed by atoms with Crippen LogP contribution in [0.5, 0.6) is 0 Å². The molecule has 19 heavy (non-hydrogen) atoms. The van der Waals surface area contributed by atoms with E-state index in [9.17, 15) is 0 Å². The van der Waals surface area contributed by atoms with Crippen molar-refractivity contribution in [2.75, 3.05) is 13.2 Å². The second-order valence-electron chi connectivity index (χ2n) is 3.91. The fraction of sp³-hybridized carbons (Fsp3) is 0.250. The first kappa shape index (κ1) is 15.8. The van der Waals surface area contributed by atoms with Crippen molar-refractivity contribution < 1.29 is 10.2 Å². The lowest BCUT2D eigenvalue weighted by atomic mass is 10.2. The zero-order valence-corrected chi connectivity index (χ0v) is 11.7. The average molecular weight is 276 g/mol. The number of hydrogen-bond acceptors (Lipinski definition) is 3. The van der Waals surface area contributed by atoms with Crippen LogP contribution in [0.2, 0.25) is 0 Å². The van der Waals surface area contributed by atoms with Crippen molar-refractivity contribution in [1.29, 1.82) is 0 Å². The van der Waals surface area contributed by atoms with Crippen LogP contribution < -0.4 is 0 Å². The molecule has 0 aliphatic carbocycles. The van der Waals surface area contributed by atoms with E-state index in [1.807, 2.05) is 11.8 Å². The number of rotatable bonds is 5. The highest BCUT2D eigenvalue weighted by atomic mass is 32.2. The molecule has 3 heteroatoms. The van der Waals surface area contributed by atoms with Gasteiger partial charge in [-0.25, -0.2) is 0 Å². The molecule has 0 aliphatic heterocycles. The van der Waals surface area contributed by atoms with E-state index < -0.39 is 0 Å². The van der Waals surface area contributed by atoms with Crippen LogP contribution in [-0.2, 0) is 11.5 Å². The Balaban J connectivity index is 0.000000399. The van der Waals surface area contributed by atoms with Gasteiger partial charge in [0.25, 0.3) is 0 Å². The van der Waals surface area contributed by atoms with Gasteiger partial charge in [-0.15, -0.1) is 0 Å².